The average molecular weight is 383 g/mol. The first-order valence-electron chi connectivity index (χ1n) is 11.2. The second kappa shape index (κ2) is 9.06. The van der Waals surface area contributed by atoms with Gasteiger partial charge in [0, 0.05) is 37.4 Å². The van der Waals surface area contributed by atoms with E-state index in [-0.39, 0.29) is 11.8 Å². The van der Waals surface area contributed by atoms with Gasteiger partial charge in [-0.05, 0) is 75.7 Å². The molecule has 28 heavy (non-hydrogen) atoms. The first kappa shape index (κ1) is 19.4. The van der Waals surface area contributed by atoms with Gasteiger partial charge in [-0.2, -0.15) is 0 Å². The molecule has 0 aromatic carbocycles. The number of nitrogens with zero attached hydrogens (tertiary/aromatic N) is 3. The number of anilines is 1. The second-order valence-corrected chi connectivity index (χ2v) is 8.90. The zero-order valence-electron chi connectivity index (χ0n) is 17.3. The quantitative estimate of drug-likeness (QED) is 0.787. The minimum absolute atomic E-state index is 0.0677. The standard InChI is InChI=1S/C23H34N4O/c1-17-10-13-27(14-11-17)23-25-16-20-15-19(7-8-21(20)26-23)22(28)24-12-9-18-5-3-2-4-6-18/h5,16-17,19H,2-4,6-15H2,1H3,(H,24,28)/t19-/m1/s1. The molecule has 4 rings (SSSR count). The number of hydrogen-bond acceptors (Lipinski definition) is 4. The molecule has 1 aromatic heterocycles. The highest BCUT2D eigenvalue weighted by atomic mass is 16.1. The van der Waals surface area contributed by atoms with Crippen LogP contribution in [0.5, 0.6) is 0 Å². The summed E-state index contributed by atoms with van der Waals surface area (Å²) in [6.07, 6.45) is 15.4. The molecule has 152 valence electrons. The number of aryl methyl sites for hydroxylation is 1. The lowest BCUT2D eigenvalue weighted by atomic mass is 9.86. The molecule has 0 spiro atoms. The SMILES string of the molecule is CC1CCN(c2ncc3c(n2)CC[C@@H](C(=O)NCCC2=CCCCC2)C3)CC1. The predicted octanol–water partition coefficient (Wildman–Crippen LogP) is 3.82. The van der Waals surface area contributed by atoms with E-state index in [9.17, 15) is 4.79 Å². The lowest BCUT2D eigenvalue weighted by molar-refractivity contribution is -0.125. The van der Waals surface area contributed by atoms with Crippen LogP contribution in [0.3, 0.4) is 0 Å². The number of carbonyl (C=O) groups is 1. The van der Waals surface area contributed by atoms with Gasteiger partial charge in [-0.15, -0.1) is 0 Å². The van der Waals surface area contributed by atoms with Crippen molar-refractivity contribution in [3.63, 3.8) is 0 Å². The predicted molar refractivity (Wildman–Crippen MR) is 112 cm³/mol. The summed E-state index contributed by atoms with van der Waals surface area (Å²) >= 11 is 0. The van der Waals surface area contributed by atoms with E-state index < -0.39 is 0 Å². The molecule has 1 amide bonds. The number of rotatable bonds is 5. The maximum Gasteiger partial charge on any atom is 0.225 e. The number of piperidine rings is 1. The van der Waals surface area contributed by atoms with Crippen molar-refractivity contribution in [1.29, 1.82) is 0 Å². The molecule has 0 bridgehead atoms. The van der Waals surface area contributed by atoms with Gasteiger partial charge < -0.3 is 10.2 Å². The Labute approximate surface area is 169 Å². The number of carbonyl (C=O) groups excluding carboxylic acids is 1. The van der Waals surface area contributed by atoms with Crippen molar-refractivity contribution < 1.29 is 4.79 Å². The molecular formula is C23H34N4O. The summed E-state index contributed by atoms with van der Waals surface area (Å²) in [7, 11) is 0. The topological polar surface area (TPSA) is 58.1 Å². The van der Waals surface area contributed by atoms with Crippen LogP contribution in [-0.2, 0) is 17.6 Å². The van der Waals surface area contributed by atoms with Crippen LogP contribution in [0.2, 0.25) is 0 Å². The van der Waals surface area contributed by atoms with E-state index in [1.807, 2.05) is 6.20 Å². The van der Waals surface area contributed by atoms with Gasteiger partial charge in [-0.1, -0.05) is 18.6 Å². The van der Waals surface area contributed by atoms with E-state index in [4.69, 9.17) is 4.98 Å². The van der Waals surface area contributed by atoms with Crippen LogP contribution in [0.4, 0.5) is 5.95 Å². The third-order valence-corrected chi connectivity index (χ3v) is 6.71. The first-order valence-corrected chi connectivity index (χ1v) is 11.2. The van der Waals surface area contributed by atoms with Crippen molar-refractivity contribution in [2.75, 3.05) is 24.5 Å². The fourth-order valence-electron chi connectivity index (χ4n) is 4.70. The third-order valence-electron chi connectivity index (χ3n) is 6.71. The average Bonchev–Trinajstić information content (AvgIpc) is 2.74. The molecule has 1 atom stereocenters. The minimum atomic E-state index is 0.0677. The number of amides is 1. The lowest BCUT2D eigenvalue weighted by Gasteiger charge is -2.31. The molecule has 1 N–H and O–H groups in total. The van der Waals surface area contributed by atoms with Crippen LogP contribution in [0.15, 0.2) is 17.8 Å². The Kier molecular flexibility index (Phi) is 6.28. The van der Waals surface area contributed by atoms with Crippen LogP contribution < -0.4 is 10.2 Å². The van der Waals surface area contributed by atoms with E-state index in [0.717, 1.165) is 68.4 Å². The van der Waals surface area contributed by atoms with Crippen LogP contribution in [0, 0.1) is 11.8 Å². The number of nitrogens with one attached hydrogen (secondary N) is 1. The summed E-state index contributed by atoms with van der Waals surface area (Å²) in [6.45, 7) is 5.21. The Bertz CT molecular complexity index is 721. The second-order valence-electron chi connectivity index (χ2n) is 8.90. The Balaban J connectivity index is 1.29. The number of allylic oxidation sites excluding steroid dienone is 1. The van der Waals surface area contributed by atoms with Gasteiger partial charge in [0.15, 0.2) is 0 Å². The molecule has 5 nitrogen and oxygen atoms in total. The van der Waals surface area contributed by atoms with Gasteiger partial charge in [0.1, 0.15) is 0 Å². The summed E-state index contributed by atoms with van der Waals surface area (Å²) in [5.74, 6) is 1.96. The highest BCUT2D eigenvalue weighted by molar-refractivity contribution is 5.79. The van der Waals surface area contributed by atoms with Gasteiger partial charge in [-0.25, -0.2) is 9.97 Å². The van der Waals surface area contributed by atoms with Crippen molar-refractivity contribution >= 4 is 11.9 Å². The molecule has 1 fully saturated rings. The fourth-order valence-corrected chi connectivity index (χ4v) is 4.70. The van der Waals surface area contributed by atoms with E-state index in [1.54, 1.807) is 0 Å². The maximum absolute atomic E-state index is 12.6. The van der Waals surface area contributed by atoms with Crippen molar-refractivity contribution in [3.05, 3.63) is 29.1 Å². The molecule has 0 unspecified atom stereocenters. The molecule has 2 aliphatic carbocycles. The molecule has 1 saturated heterocycles. The first-order chi connectivity index (χ1) is 13.7. The lowest BCUT2D eigenvalue weighted by Crippen LogP contribution is -2.36. The third kappa shape index (κ3) is 4.73. The molecule has 1 aliphatic heterocycles. The Hall–Kier alpha value is -1.91. The molecule has 3 aliphatic rings. The number of fused-ring (bicyclic) bond motifs is 1. The van der Waals surface area contributed by atoms with Crippen molar-refractivity contribution in [2.24, 2.45) is 11.8 Å². The van der Waals surface area contributed by atoms with Gasteiger partial charge in [-0.3, -0.25) is 4.79 Å². The molecule has 2 heterocycles. The largest absolute Gasteiger partial charge is 0.356 e. The highest BCUT2D eigenvalue weighted by Gasteiger charge is 2.27. The van der Waals surface area contributed by atoms with Gasteiger partial charge in [0.2, 0.25) is 11.9 Å². The number of hydrogen-bond donors (Lipinski definition) is 1. The minimum Gasteiger partial charge on any atom is -0.356 e. The summed E-state index contributed by atoms with van der Waals surface area (Å²) in [6, 6.07) is 0. The molecular weight excluding hydrogens is 348 g/mol. The zero-order chi connectivity index (χ0) is 19.3. The Morgan fingerprint density at radius 1 is 1.21 bits per heavy atom. The highest BCUT2D eigenvalue weighted by Crippen LogP contribution is 2.27. The van der Waals surface area contributed by atoms with Crippen molar-refractivity contribution in [2.45, 2.75) is 71.1 Å². The molecule has 0 saturated carbocycles. The fraction of sp³-hybridized carbons (Fsp3) is 0.696. The summed E-state index contributed by atoms with van der Waals surface area (Å²) in [5.41, 5.74) is 3.84. The van der Waals surface area contributed by atoms with E-state index >= 15 is 0 Å². The smallest absolute Gasteiger partial charge is 0.225 e. The maximum atomic E-state index is 12.6. The van der Waals surface area contributed by atoms with E-state index in [2.05, 4.69) is 28.2 Å². The Morgan fingerprint density at radius 3 is 2.86 bits per heavy atom. The van der Waals surface area contributed by atoms with Gasteiger partial charge in [0.05, 0.1) is 0 Å². The van der Waals surface area contributed by atoms with Crippen molar-refractivity contribution in [1.82, 2.24) is 15.3 Å². The van der Waals surface area contributed by atoms with E-state index in [1.165, 1.54) is 44.1 Å². The monoisotopic (exact) mass is 382 g/mol. The van der Waals surface area contributed by atoms with Crippen molar-refractivity contribution in [3.8, 4) is 0 Å². The summed E-state index contributed by atoms with van der Waals surface area (Å²) in [4.78, 5) is 24.4. The molecule has 0 radical (unpaired) electrons. The van der Waals surface area contributed by atoms with Crippen LogP contribution >= 0.6 is 0 Å². The normalized spacial score (nSPS) is 23.1. The van der Waals surface area contributed by atoms with Gasteiger partial charge in [0.25, 0.3) is 0 Å². The van der Waals surface area contributed by atoms with Crippen LogP contribution in [0.25, 0.3) is 0 Å². The molecule has 1 aromatic rings. The zero-order valence-corrected chi connectivity index (χ0v) is 17.3. The van der Waals surface area contributed by atoms with E-state index in [0.29, 0.717) is 0 Å². The summed E-state index contributed by atoms with van der Waals surface area (Å²) < 4.78 is 0. The van der Waals surface area contributed by atoms with Crippen LogP contribution in [-0.4, -0.2) is 35.5 Å². The summed E-state index contributed by atoms with van der Waals surface area (Å²) in [5, 5.41) is 3.17. The molecule has 5 heteroatoms. The number of aromatic nitrogens is 2. The Morgan fingerprint density at radius 2 is 2.07 bits per heavy atom. The van der Waals surface area contributed by atoms with Crippen LogP contribution in [0.1, 0.15) is 69.5 Å². The van der Waals surface area contributed by atoms with Gasteiger partial charge >= 0.3 is 0 Å².